The van der Waals surface area contributed by atoms with E-state index in [1.54, 1.807) is 30.3 Å². The molecule has 4 nitrogen and oxygen atoms in total. The zero-order valence-electron chi connectivity index (χ0n) is 10.2. The lowest BCUT2D eigenvalue weighted by molar-refractivity contribution is -0.133. The van der Waals surface area contributed by atoms with Crippen LogP contribution in [0.3, 0.4) is 0 Å². The summed E-state index contributed by atoms with van der Waals surface area (Å²) in [5.41, 5.74) is -0.248. The van der Waals surface area contributed by atoms with Crippen LogP contribution < -0.4 is 10.6 Å². The van der Waals surface area contributed by atoms with Crippen molar-refractivity contribution in [3.8, 4) is 0 Å². The summed E-state index contributed by atoms with van der Waals surface area (Å²) in [5, 5.41) is 4.20. The van der Waals surface area contributed by atoms with Crippen LogP contribution in [0.2, 0.25) is 0 Å². The molecular formula is C14H10F2N2O2. The Balaban J connectivity index is 2.07. The third kappa shape index (κ3) is 3.17. The van der Waals surface area contributed by atoms with Gasteiger partial charge in [-0.1, -0.05) is 24.3 Å². The number of hydrogen-bond donors (Lipinski definition) is 2. The number of halogens is 2. The van der Waals surface area contributed by atoms with E-state index < -0.39 is 29.1 Å². The highest BCUT2D eigenvalue weighted by molar-refractivity contribution is 6.43. The first-order valence-corrected chi connectivity index (χ1v) is 5.69. The molecule has 20 heavy (non-hydrogen) atoms. The molecule has 2 rings (SSSR count). The van der Waals surface area contributed by atoms with Crippen molar-refractivity contribution >= 4 is 23.2 Å². The van der Waals surface area contributed by atoms with Gasteiger partial charge in [-0.2, -0.15) is 0 Å². The normalized spacial score (nSPS) is 9.90. The number of benzene rings is 2. The first-order valence-electron chi connectivity index (χ1n) is 5.69. The largest absolute Gasteiger partial charge is 0.318 e. The van der Waals surface area contributed by atoms with E-state index in [0.717, 1.165) is 18.2 Å². The molecule has 0 radical (unpaired) electrons. The van der Waals surface area contributed by atoms with Crippen molar-refractivity contribution in [3.05, 3.63) is 60.2 Å². The van der Waals surface area contributed by atoms with Crippen LogP contribution in [-0.4, -0.2) is 11.8 Å². The molecule has 0 aliphatic heterocycles. The fourth-order valence-electron chi connectivity index (χ4n) is 1.50. The second-order valence-electron chi connectivity index (χ2n) is 3.87. The standard InChI is InChI=1S/C14H10F2N2O2/c15-10-7-4-8-11(16)12(10)18-14(20)13(19)17-9-5-2-1-3-6-9/h1-8H,(H,17,19)(H,18,20). The van der Waals surface area contributed by atoms with Gasteiger partial charge in [0, 0.05) is 5.69 Å². The van der Waals surface area contributed by atoms with Crippen LogP contribution in [0.25, 0.3) is 0 Å². The molecule has 102 valence electrons. The molecular weight excluding hydrogens is 266 g/mol. The average molecular weight is 276 g/mol. The predicted octanol–water partition coefficient (Wildman–Crippen LogP) is 2.54. The summed E-state index contributed by atoms with van der Waals surface area (Å²) in [6, 6.07) is 11.4. The molecule has 2 N–H and O–H groups in total. The second kappa shape index (κ2) is 5.92. The molecule has 0 atom stereocenters. The molecule has 0 heterocycles. The summed E-state index contributed by atoms with van der Waals surface area (Å²) in [5.74, 6) is -4.08. The van der Waals surface area contributed by atoms with Gasteiger partial charge >= 0.3 is 11.8 Å². The Morgan fingerprint density at radius 3 is 1.90 bits per heavy atom. The summed E-state index contributed by atoms with van der Waals surface area (Å²) in [6.07, 6.45) is 0. The first kappa shape index (κ1) is 13.7. The maximum atomic E-state index is 13.3. The zero-order valence-corrected chi connectivity index (χ0v) is 10.2. The van der Waals surface area contributed by atoms with Gasteiger partial charge in [-0.15, -0.1) is 0 Å². The summed E-state index contributed by atoms with van der Waals surface area (Å²) in [6.45, 7) is 0. The van der Waals surface area contributed by atoms with Crippen LogP contribution in [0.4, 0.5) is 20.2 Å². The molecule has 2 aromatic rings. The van der Waals surface area contributed by atoms with E-state index in [4.69, 9.17) is 0 Å². The quantitative estimate of drug-likeness (QED) is 0.828. The number of para-hydroxylation sites is 2. The number of nitrogens with one attached hydrogen (secondary N) is 2. The predicted molar refractivity (Wildman–Crippen MR) is 70.1 cm³/mol. The van der Waals surface area contributed by atoms with Crippen molar-refractivity contribution in [2.75, 3.05) is 10.6 Å². The minimum Gasteiger partial charge on any atom is -0.318 e. The molecule has 6 heteroatoms. The zero-order chi connectivity index (χ0) is 14.5. The topological polar surface area (TPSA) is 58.2 Å². The number of carbonyl (C=O) groups excluding carboxylic acids is 2. The van der Waals surface area contributed by atoms with Gasteiger partial charge in [-0.3, -0.25) is 9.59 Å². The Hall–Kier alpha value is -2.76. The van der Waals surface area contributed by atoms with Crippen molar-refractivity contribution in [1.82, 2.24) is 0 Å². The summed E-state index contributed by atoms with van der Waals surface area (Å²) < 4.78 is 26.6. The Labute approximate surface area is 113 Å². The fraction of sp³-hybridized carbons (Fsp3) is 0. The van der Waals surface area contributed by atoms with E-state index in [2.05, 4.69) is 5.32 Å². The minimum absolute atomic E-state index is 0.404. The molecule has 0 aromatic heterocycles. The number of hydrogen-bond acceptors (Lipinski definition) is 2. The number of rotatable bonds is 2. The van der Waals surface area contributed by atoms with Gasteiger partial charge in [-0.05, 0) is 24.3 Å². The number of anilines is 2. The van der Waals surface area contributed by atoms with E-state index in [1.165, 1.54) is 0 Å². The Morgan fingerprint density at radius 1 is 0.750 bits per heavy atom. The van der Waals surface area contributed by atoms with Crippen molar-refractivity contribution in [2.24, 2.45) is 0 Å². The lowest BCUT2D eigenvalue weighted by Crippen LogP contribution is -2.29. The molecule has 0 aliphatic carbocycles. The van der Waals surface area contributed by atoms with Gasteiger partial charge in [0.2, 0.25) is 0 Å². The molecule has 2 aromatic carbocycles. The van der Waals surface area contributed by atoms with Crippen LogP contribution in [0, 0.1) is 11.6 Å². The van der Waals surface area contributed by atoms with E-state index >= 15 is 0 Å². The summed E-state index contributed by atoms with van der Waals surface area (Å²) in [4.78, 5) is 23.1. The van der Waals surface area contributed by atoms with Crippen molar-refractivity contribution in [2.45, 2.75) is 0 Å². The van der Waals surface area contributed by atoms with Gasteiger partial charge in [0.15, 0.2) is 0 Å². The molecule has 0 bridgehead atoms. The SMILES string of the molecule is O=C(Nc1ccccc1)C(=O)Nc1c(F)cccc1F. The monoisotopic (exact) mass is 276 g/mol. The third-order valence-corrected chi connectivity index (χ3v) is 2.44. The molecule has 2 amide bonds. The highest BCUT2D eigenvalue weighted by Gasteiger charge is 2.18. The van der Waals surface area contributed by atoms with Gasteiger partial charge in [0.25, 0.3) is 0 Å². The van der Waals surface area contributed by atoms with E-state index in [-0.39, 0.29) is 0 Å². The first-order chi connectivity index (χ1) is 9.58. The van der Waals surface area contributed by atoms with Gasteiger partial charge in [0.1, 0.15) is 17.3 Å². The van der Waals surface area contributed by atoms with Crippen LogP contribution in [0.5, 0.6) is 0 Å². The Kier molecular flexibility index (Phi) is 4.05. The molecule has 0 spiro atoms. The van der Waals surface area contributed by atoms with Crippen LogP contribution >= 0.6 is 0 Å². The molecule has 0 unspecified atom stereocenters. The molecule has 0 aliphatic rings. The lowest BCUT2D eigenvalue weighted by atomic mass is 10.3. The van der Waals surface area contributed by atoms with Crippen LogP contribution in [0.15, 0.2) is 48.5 Å². The van der Waals surface area contributed by atoms with Gasteiger partial charge in [-0.25, -0.2) is 8.78 Å². The van der Waals surface area contributed by atoms with E-state index in [0.29, 0.717) is 5.69 Å². The fourth-order valence-corrected chi connectivity index (χ4v) is 1.50. The maximum Gasteiger partial charge on any atom is 0.314 e. The summed E-state index contributed by atoms with van der Waals surface area (Å²) in [7, 11) is 0. The maximum absolute atomic E-state index is 13.3. The third-order valence-electron chi connectivity index (χ3n) is 2.44. The van der Waals surface area contributed by atoms with Gasteiger partial charge in [0.05, 0.1) is 0 Å². The van der Waals surface area contributed by atoms with E-state index in [1.807, 2.05) is 5.32 Å². The van der Waals surface area contributed by atoms with Crippen molar-refractivity contribution < 1.29 is 18.4 Å². The molecule has 0 fully saturated rings. The molecule has 0 saturated carbocycles. The highest BCUT2D eigenvalue weighted by atomic mass is 19.1. The Bertz CT molecular complexity index is 625. The van der Waals surface area contributed by atoms with Crippen molar-refractivity contribution in [3.63, 3.8) is 0 Å². The summed E-state index contributed by atoms with van der Waals surface area (Å²) >= 11 is 0. The van der Waals surface area contributed by atoms with Crippen LogP contribution in [-0.2, 0) is 9.59 Å². The van der Waals surface area contributed by atoms with Gasteiger partial charge < -0.3 is 10.6 Å². The molecule has 0 saturated heterocycles. The number of carbonyl (C=O) groups is 2. The van der Waals surface area contributed by atoms with E-state index in [9.17, 15) is 18.4 Å². The average Bonchev–Trinajstić information content (AvgIpc) is 2.44. The van der Waals surface area contributed by atoms with Crippen LogP contribution in [0.1, 0.15) is 0 Å². The highest BCUT2D eigenvalue weighted by Crippen LogP contribution is 2.17. The smallest absolute Gasteiger partial charge is 0.314 e. The Morgan fingerprint density at radius 2 is 1.30 bits per heavy atom. The van der Waals surface area contributed by atoms with Crippen molar-refractivity contribution in [1.29, 1.82) is 0 Å². The second-order valence-corrected chi connectivity index (χ2v) is 3.87. The minimum atomic E-state index is -1.15. The lowest BCUT2D eigenvalue weighted by Gasteiger charge is -2.07. The number of amides is 2.